The molecule has 0 N–H and O–H groups in total. The van der Waals surface area contributed by atoms with Gasteiger partial charge in [0.05, 0.1) is 28.1 Å². The van der Waals surface area contributed by atoms with Gasteiger partial charge in [-0.1, -0.05) is 51.3 Å². The Kier molecular flexibility index (Phi) is 8.05. The summed E-state index contributed by atoms with van der Waals surface area (Å²) >= 11 is 16.7. The zero-order chi connectivity index (χ0) is 22.5. The van der Waals surface area contributed by atoms with E-state index in [2.05, 4.69) is 15.9 Å². The number of benzene rings is 2. The summed E-state index contributed by atoms with van der Waals surface area (Å²) in [4.78, 5) is 38.0. The van der Waals surface area contributed by atoms with Crippen LogP contribution in [0.15, 0.2) is 45.8 Å². The van der Waals surface area contributed by atoms with E-state index in [9.17, 15) is 14.4 Å². The number of thioether (sulfide) groups is 1. The minimum absolute atomic E-state index is 0.135. The van der Waals surface area contributed by atoms with Crippen molar-refractivity contribution in [2.45, 2.75) is 13.5 Å². The summed E-state index contributed by atoms with van der Waals surface area (Å²) in [5, 5.41) is -0.0318. The van der Waals surface area contributed by atoms with Crippen LogP contribution < -0.4 is 4.74 Å². The van der Waals surface area contributed by atoms with Crippen LogP contribution in [0.2, 0.25) is 10.0 Å². The van der Waals surface area contributed by atoms with Gasteiger partial charge in [-0.05, 0) is 60.2 Å². The third kappa shape index (κ3) is 6.04. The molecule has 3 rings (SSSR count). The quantitative estimate of drug-likeness (QED) is 0.317. The second-order valence-corrected chi connectivity index (χ2v) is 9.03. The van der Waals surface area contributed by atoms with Gasteiger partial charge in [0, 0.05) is 4.47 Å². The molecule has 0 spiro atoms. The van der Waals surface area contributed by atoms with Crippen LogP contribution in [0.4, 0.5) is 4.79 Å². The van der Waals surface area contributed by atoms with Crippen molar-refractivity contribution in [1.29, 1.82) is 0 Å². The average Bonchev–Trinajstić information content (AvgIpc) is 2.95. The van der Waals surface area contributed by atoms with Crippen LogP contribution >= 0.6 is 50.9 Å². The highest BCUT2D eigenvalue weighted by atomic mass is 79.9. The minimum atomic E-state index is -0.544. The van der Waals surface area contributed by atoms with Gasteiger partial charge in [0.25, 0.3) is 11.1 Å². The van der Waals surface area contributed by atoms with Crippen molar-refractivity contribution in [2.75, 3.05) is 13.2 Å². The highest BCUT2D eigenvalue weighted by molar-refractivity contribution is 9.10. The molecule has 1 saturated heterocycles. The van der Waals surface area contributed by atoms with E-state index in [4.69, 9.17) is 32.7 Å². The molecular weight excluding hydrogens is 529 g/mol. The molecule has 2 aromatic carbocycles. The molecule has 31 heavy (non-hydrogen) atoms. The Labute approximate surface area is 201 Å². The number of hydrogen-bond acceptors (Lipinski definition) is 6. The highest BCUT2D eigenvalue weighted by Crippen LogP contribution is 2.38. The maximum atomic E-state index is 12.7. The fourth-order valence-corrected chi connectivity index (χ4v) is 4.64. The first kappa shape index (κ1) is 23.7. The second kappa shape index (κ2) is 10.5. The number of imide groups is 1. The normalized spacial score (nSPS) is 15.0. The van der Waals surface area contributed by atoms with E-state index < -0.39 is 11.9 Å². The first-order valence-electron chi connectivity index (χ1n) is 9.05. The van der Waals surface area contributed by atoms with Crippen molar-refractivity contribution >= 4 is 74.1 Å². The fraction of sp³-hybridized carbons (Fsp3) is 0.190. The molecule has 2 aromatic rings. The monoisotopic (exact) mass is 543 g/mol. The molecule has 2 amide bonds. The highest BCUT2D eigenvalue weighted by Gasteiger charge is 2.35. The Hall–Kier alpha value is -2.00. The molecule has 1 fully saturated rings. The lowest BCUT2D eigenvalue weighted by molar-refractivity contribution is -0.145. The molecule has 1 aliphatic rings. The lowest BCUT2D eigenvalue weighted by atomic mass is 10.2. The summed E-state index contributed by atoms with van der Waals surface area (Å²) in [6, 6.07) is 10.5. The lowest BCUT2D eigenvalue weighted by Crippen LogP contribution is -2.27. The van der Waals surface area contributed by atoms with Gasteiger partial charge >= 0.3 is 5.97 Å². The number of halogens is 3. The Morgan fingerprint density at radius 2 is 1.90 bits per heavy atom. The van der Waals surface area contributed by atoms with Gasteiger partial charge in [-0.15, -0.1) is 0 Å². The molecule has 1 aliphatic heterocycles. The summed E-state index contributed by atoms with van der Waals surface area (Å²) in [7, 11) is 0. The van der Waals surface area contributed by atoms with Crippen LogP contribution in [-0.2, 0) is 20.9 Å². The van der Waals surface area contributed by atoms with Crippen LogP contribution in [0, 0.1) is 0 Å². The number of rotatable bonds is 7. The van der Waals surface area contributed by atoms with Crippen LogP contribution in [0.25, 0.3) is 6.08 Å². The topological polar surface area (TPSA) is 72.9 Å². The molecule has 1 heterocycles. The smallest absolute Gasteiger partial charge is 0.344 e. The molecule has 0 saturated carbocycles. The summed E-state index contributed by atoms with van der Waals surface area (Å²) in [5.74, 6) is -0.806. The van der Waals surface area contributed by atoms with E-state index in [0.29, 0.717) is 5.56 Å². The van der Waals surface area contributed by atoms with Crippen LogP contribution in [0.5, 0.6) is 5.75 Å². The molecule has 162 valence electrons. The molecule has 10 heteroatoms. The van der Waals surface area contributed by atoms with Crippen LogP contribution in [-0.4, -0.2) is 35.2 Å². The molecule has 0 radical (unpaired) electrons. The van der Waals surface area contributed by atoms with Crippen molar-refractivity contribution < 1.29 is 23.9 Å². The molecule has 0 unspecified atom stereocenters. The molecular formula is C21H16BrCl2NO5S. The number of amides is 2. The van der Waals surface area contributed by atoms with Gasteiger partial charge < -0.3 is 9.47 Å². The molecule has 0 aromatic heterocycles. The SMILES string of the molecule is CCOC(=O)COc1c(Cl)cc(/C=C2\SC(=O)N(Cc3cccc(Br)c3)C2=O)cc1Cl. The Balaban J connectivity index is 1.76. The van der Waals surface area contributed by atoms with Crippen LogP contribution in [0.3, 0.4) is 0 Å². The number of carbonyl (C=O) groups excluding carboxylic acids is 3. The van der Waals surface area contributed by atoms with Crippen molar-refractivity contribution in [3.05, 3.63) is 66.9 Å². The van der Waals surface area contributed by atoms with Gasteiger partial charge in [-0.2, -0.15) is 0 Å². The van der Waals surface area contributed by atoms with E-state index in [-0.39, 0.29) is 45.7 Å². The predicted octanol–water partition coefficient (Wildman–Crippen LogP) is 5.93. The predicted molar refractivity (Wildman–Crippen MR) is 124 cm³/mol. The number of carbonyl (C=O) groups is 3. The standard InChI is InChI=1S/C21H16BrCl2NO5S/c1-2-29-18(26)11-30-19-15(23)7-13(8-16(19)24)9-17-20(27)25(21(28)31-17)10-12-4-3-5-14(22)6-12/h3-9H,2,10-11H2,1H3/b17-9-. The molecule has 0 aliphatic carbocycles. The molecule has 0 bridgehead atoms. The maximum Gasteiger partial charge on any atom is 0.344 e. The summed E-state index contributed by atoms with van der Waals surface area (Å²) in [5.41, 5.74) is 1.35. The summed E-state index contributed by atoms with van der Waals surface area (Å²) < 4.78 is 11.0. The van der Waals surface area contributed by atoms with E-state index in [1.165, 1.54) is 17.0 Å². The zero-order valence-corrected chi connectivity index (χ0v) is 20.1. The van der Waals surface area contributed by atoms with Gasteiger partial charge in [-0.25, -0.2) is 4.79 Å². The second-order valence-electron chi connectivity index (χ2n) is 6.31. The zero-order valence-electron chi connectivity index (χ0n) is 16.2. The lowest BCUT2D eigenvalue weighted by Gasteiger charge is -2.12. The Bertz CT molecular complexity index is 1050. The minimum Gasteiger partial charge on any atom is -0.479 e. The number of nitrogens with zero attached hydrogens (tertiary/aromatic N) is 1. The molecule has 0 atom stereocenters. The molecule has 6 nitrogen and oxygen atoms in total. The van der Waals surface area contributed by atoms with Gasteiger partial charge in [-0.3, -0.25) is 14.5 Å². The van der Waals surface area contributed by atoms with Crippen molar-refractivity contribution in [3.8, 4) is 5.75 Å². The fourth-order valence-electron chi connectivity index (χ4n) is 2.74. The first-order chi connectivity index (χ1) is 14.8. The third-order valence-electron chi connectivity index (χ3n) is 4.06. The van der Waals surface area contributed by atoms with E-state index in [1.54, 1.807) is 13.0 Å². The van der Waals surface area contributed by atoms with Crippen molar-refractivity contribution in [2.24, 2.45) is 0 Å². The Morgan fingerprint density at radius 1 is 1.19 bits per heavy atom. The average molecular weight is 545 g/mol. The van der Waals surface area contributed by atoms with E-state index >= 15 is 0 Å². The van der Waals surface area contributed by atoms with E-state index in [0.717, 1.165) is 21.8 Å². The summed E-state index contributed by atoms with van der Waals surface area (Å²) in [6.45, 7) is 1.76. The van der Waals surface area contributed by atoms with E-state index in [1.807, 2.05) is 24.3 Å². The third-order valence-corrected chi connectivity index (χ3v) is 6.02. The number of ether oxygens (including phenoxy) is 2. The van der Waals surface area contributed by atoms with Gasteiger partial charge in [0.1, 0.15) is 0 Å². The number of esters is 1. The Morgan fingerprint density at radius 3 is 2.55 bits per heavy atom. The largest absolute Gasteiger partial charge is 0.479 e. The van der Waals surface area contributed by atoms with Crippen molar-refractivity contribution in [3.63, 3.8) is 0 Å². The van der Waals surface area contributed by atoms with Crippen LogP contribution in [0.1, 0.15) is 18.1 Å². The van der Waals surface area contributed by atoms with Gasteiger partial charge in [0.2, 0.25) is 0 Å². The van der Waals surface area contributed by atoms with Crippen molar-refractivity contribution in [1.82, 2.24) is 4.90 Å². The number of hydrogen-bond donors (Lipinski definition) is 0. The maximum absolute atomic E-state index is 12.7. The first-order valence-corrected chi connectivity index (χ1v) is 11.4. The van der Waals surface area contributed by atoms with Gasteiger partial charge in [0.15, 0.2) is 12.4 Å². The summed E-state index contributed by atoms with van der Waals surface area (Å²) in [6.07, 6.45) is 1.54.